The highest BCUT2D eigenvalue weighted by atomic mass is 79.9. The van der Waals surface area contributed by atoms with Crippen molar-refractivity contribution < 1.29 is 27.5 Å². The Morgan fingerprint density at radius 2 is 2.04 bits per heavy atom. The van der Waals surface area contributed by atoms with Crippen LogP contribution in [0.3, 0.4) is 0 Å². The van der Waals surface area contributed by atoms with Crippen LogP contribution < -0.4 is 4.90 Å². The molecule has 0 radical (unpaired) electrons. The lowest BCUT2D eigenvalue weighted by molar-refractivity contribution is -0.136. The van der Waals surface area contributed by atoms with Crippen LogP contribution in [0.1, 0.15) is 12.0 Å². The van der Waals surface area contributed by atoms with Crippen LogP contribution in [-0.4, -0.2) is 46.3 Å². The maximum absolute atomic E-state index is 13.3. The Hall–Kier alpha value is -1.68. The minimum Gasteiger partial charge on any atom is -0.465 e. The molecule has 3 fully saturated rings. The number of halogens is 5. The van der Waals surface area contributed by atoms with E-state index in [1.54, 1.807) is 4.90 Å². The number of fused-ring (bicyclic) bond motifs is 3. The third kappa shape index (κ3) is 2.53. The van der Waals surface area contributed by atoms with E-state index in [1.807, 2.05) is 0 Å². The second-order valence-electron chi connectivity index (χ2n) is 6.03. The van der Waals surface area contributed by atoms with Gasteiger partial charge in [0.05, 0.1) is 21.6 Å². The molecule has 2 unspecified atom stereocenters. The van der Waals surface area contributed by atoms with E-state index in [0.717, 1.165) is 12.5 Å². The molecule has 0 aliphatic carbocycles. The van der Waals surface area contributed by atoms with Gasteiger partial charge in [0, 0.05) is 13.1 Å². The van der Waals surface area contributed by atoms with E-state index < -0.39 is 22.9 Å². The van der Waals surface area contributed by atoms with Crippen molar-refractivity contribution in [1.82, 2.24) is 9.88 Å². The van der Waals surface area contributed by atoms with Crippen molar-refractivity contribution in [3.63, 3.8) is 0 Å². The van der Waals surface area contributed by atoms with Crippen LogP contribution in [0.5, 0.6) is 0 Å². The lowest BCUT2D eigenvalue weighted by atomic mass is 9.88. The number of amides is 1. The number of nitrogens with zero attached hydrogens (tertiary/aromatic N) is 3. The molecule has 1 aromatic heterocycles. The third-order valence-corrected chi connectivity index (χ3v) is 5.42. The maximum Gasteiger partial charge on any atom is 0.420 e. The average Bonchev–Trinajstić information content (AvgIpc) is 2.90. The van der Waals surface area contributed by atoms with Gasteiger partial charge in [-0.15, -0.1) is 0 Å². The first-order chi connectivity index (χ1) is 11.7. The van der Waals surface area contributed by atoms with Crippen LogP contribution in [0.2, 0.25) is 5.02 Å². The molecule has 0 saturated carbocycles. The number of alkyl halides is 3. The van der Waals surface area contributed by atoms with Crippen LogP contribution in [0, 0.1) is 0 Å². The fourth-order valence-electron chi connectivity index (χ4n) is 3.49. The Balaban J connectivity index is 1.74. The van der Waals surface area contributed by atoms with E-state index >= 15 is 0 Å². The van der Waals surface area contributed by atoms with E-state index in [1.165, 1.54) is 4.90 Å². The van der Waals surface area contributed by atoms with E-state index in [-0.39, 0.29) is 33.7 Å². The van der Waals surface area contributed by atoms with Crippen molar-refractivity contribution in [3.8, 4) is 0 Å². The summed E-state index contributed by atoms with van der Waals surface area (Å²) in [7, 11) is 0. The molecule has 2 bridgehead atoms. The predicted molar refractivity (Wildman–Crippen MR) is 86.0 cm³/mol. The molecule has 11 heteroatoms. The summed E-state index contributed by atoms with van der Waals surface area (Å²) in [4.78, 5) is 18.2. The number of carboxylic acid groups (broad SMARTS) is 1. The highest BCUT2D eigenvalue weighted by molar-refractivity contribution is 9.10. The molecule has 1 aromatic carbocycles. The summed E-state index contributed by atoms with van der Waals surface area (Å²) in [5.74, 6) is 0. The first-order valence-corrected chi connectivity index (χ1v) is 8.46. The Bertz CT molecular complexity index is 876. The molecule has 3 saturated heterocycles. The van der Waals surface area contributed by atoms with E-state index in [2.05, 4.69) is 20.9 Å². The second kappa shape index (κ2) is 5.41. The Labute approximate surface area is 152 Å². The molecule has 0 spiro atoms. The number of piperidine rings is 1. The number of piperazine rings is 1. The SMILES string of the molecule is O=C(O)N1C2CC1CN(c1nc3c(C(F)(F)F)c(Cl)cc(Br)c3o1)C2. The number of benzene rings is 1. The number of rotatable bonds is 1. The fraction of sp³-hybridized carbons (Fsp3) is 0.429. The van der Waals surface area contributed by atoms with Gasteiger partial charge in [0.15, 0.2) is 5.58 Å². The molecule has 3 aliphatic heterocycles. The molecule has 2 atom stereocenters. The summed E-state index contributed by atoms with van der Waals surface area (Å²) >= 11 is 8.90. The zero-order valence-electron chi connectivity index (χ0n) is 12.3. The molecule has 3 aliphatic rings. The monoisotopic (exact) mass is 439 g/mol. The van der Waals surface area contributed by atoms with Gasteiger partial charge in [-0.3, -0.25) is 4.90 Å². The first kappa shape index (κ1) is 16.8. The molecule has 25 heavy (non-hydrogen) atoms. The zero-order chi connectivity index (χ0) is 18.1. The number of carbonyl (C=O) groups is 1. The summed E-state index contributed by atoms with van der Waals surface area (Å²) in [5, 5.41) is 8.66. The highest BCUT2D eigenvalue weighted by Gasteiger charge is 2.48. The highest BCUT2D eigenvalue weighted by Crippen LogP contribution is 2.44. The minimum absolute atomic E-state index is 0.0307. The lowest BCUT2D eigenvalue weighted by Gasteiger charge is -2.54. The molecule has 5 rings (SSSR count). The van der Waals surface area contributed by atoms with Crippen LogP contribution in [0.4, 0.5) is 24.0 Å². The van der Waals surface area contributed by atoms with Gasteiger partial charge in [0.25, 0.3) is 6.01 Å². The Kier molecular flexibility index (Phi) is 3.63. The molecule has 134 valence electrons. The Morgan fingerprint density at radius 3 is 2.60 bits per heavy atom. The van der Waals surface area contributed by atoms with Gasteiger partial charge in [0.1, 0.15) is 11.1 Å². The molecule has 6 nitrogen and oxygen atoms in total. The van der Waals surface area contributed by atoms with Crippen molar-refractivity contribution >= 4 is 50.7 Å². The Morgan fingerprint density at radius 1 is 1.40 bits per heavy atom. The first-order valence-electron chi connectivity index (χ1n) is 7.28. The topological polar surface area (TPSA) is 69.8 Å². The second-order valence-corrected chi connectivity index (χ2v) is 7.29. The number of anilines is 1. The van der Waals surface area contributed by atoms with Gasteiger partial charge in [-0.05, 0) is 28.4 Å². The van der Waals surface area contributed by atoms with Crippen LogP contribution in [-0.2, 0) is 6.18 Å². The predicted octanol–water partition coefficient (Wildman–Crippen LogP) is 4.20. The van der Waals surface area contributed by atoms with Gasteiger partial charge >= 0.3 is 12.3 Å². The quantitative estimate of drug-likeness (QED) is 0.720. The van der Waals surface area contributed by atoms with Crippen LogP contribution in [0.15, 0.2) is 15.0 Å². The van der Waals surface area contributed by atoms with Crippen molar-refractivity contribution in [1.29, 1.82) is 0 Å². The van der Waals surface area contributed by atoms with E-state index in [0.29, 0.717) is 13.1 Å². The maximum atomic E-state index is 13.3. The fourth-order valence-corrected chi connectivity index (χ4v) is 4.42. The van der Waals surface area contributed by atoms with Gasteiger partial charge < -0.3 is 14.4 Å². The largest absolute Gasteiger partial charge is 0.465 e. The smallest absolute Gasteiger partial charge is 0.420 e. The van der Waals surface area contributed by atoms with Crippen LogP contribution >= 0.6 is 27.5 Å². The summed E-state index contributed by atoms with van der Waals surface area (Å²) in [6.07, 6.45) is -4.94. The average molecular weight is 441 g/mol. The molecule has 2 aromatic rings. The lowest BCUT2D eigenvalue weighted by Crippen LogP contribution is -2.70. The van der Waals surface area contributed by atoms with Crippen molar-refractivity contribution in [2.24, 2.45) is 0 Å². The normalized spacial score (nSPS) is 23.1. The minimum atomic E-state index is -4.67. The van der Waals surface area contributed by atoms with E-state index in [9.17, 15) is 18.0 Å². The number of hydrogen-bond acceptors (Lipinski definition) is 4. The van der Waals surface area contributed by atoms with Gasteiger partial charge in [-0.2, -0.15) is 18.2 Å². The number of oxazole rings is 1. The van der Waals surface area contributed by atoms with Gasteiger partial charge in [-0.1, -0.05) is 11.6 Å². The molecule has 1 N–H and O–H groups in total. The van der Waals surface area contributed by atoms with Crippen molar-refractivity contribution in [2.45, 2.75) is 24.7 Å². The standard InChI is InChI=1S/C14H10BrClF3N3O3/c15-7-2-8(16)9(14(17,18)19)10-11(7)25-12(20-10)21-3-5-1-6(4-21)22(5)13(23)24/h2,5-6H,1,3-4H2,(H,23,24). The van der Waals surface area contributed by atoms with Crippen molar-refractivity contribution in [2.75, 3.05) is 18.0 Å². The molecular formula is C14H10BrClF3N3O3. The third-order valence-electron chi connectivity index (χ3n) is 4.53. The van der Waals surface area contributed by atoms with E-state index in [4.69, 9.17) is 21.1 Å². The zero-order valence-corrected chi connectivity index (χ0v) is 14.7. The summed E-state index contributed by atoms with van der Waals surface area (Å²) in [6.45, 7) is 0.644. The number of aromatic nitrogens is 1. The van der Waals surface area contributed by atoms with Crippen LogP contribution in [0.25, 0.3) is 11.1 Å². The van der Waals surface area contributed by atoms with Gasteiger partial charge in [0.2, 0.25) is 0 Å². The summed E-state index contributed by atoms with van der Waals surface area (Å²) in [6, 6.07) is 0.741. The molecular weight excluding hydrogens is 431 g/mol. The van der Waals surface area contributed by atoms with Crippen molar-refractivity contribution in [3.05, 3.63) is 21.1 Å². The molecule has 4 heterocycles. The number of hydrogen-bond donors (Lipinski definition) is 1. The van der Waals surface area contributed by atoms with Gasteiger partial charge in [-0.25, -0.2) is 4.79 Å². The summed E-state index contributed by atoms with van der Waals surface area (Å²) < 4.78 is 45.7. The molecule has 1 amide bonds. The summed E-state index contributed by atoms with van der Waals surface area (Å²) in [5.41, 5.74) is -1.45.